The van der Waals surface area contributed by atoms with Crippen LogP contribution in [0.3, 0.4) is 0 Å². The van der Waals surface area contributed by atoms with E-state index in [0.717, 1.165) is 13.1 Å². The van der Waals surface area contributed by atoms with Gasteiger partial charge in [0.2, 0.25) is 0 Å². The van der Waals surface area contributed by atoms with Crippen LogP contribution in [0.4, 0.5) is 13.2 Å². The average molecular weight is 405 g/mol. The van der Waals surface area contributed by atoms with Gasteiger partial charge in [0.25, 0.3) is 0 Å². The van der Waals surface area contributed by atoms with Crippen LogP contribution in [-0.4, -0.2) is 51.5 Å². The van der Waals surface area contributed by atoms with Crippen LogP contribution in [0, 0.1) is 0 Å². The number of nitrogens with zero attached hydrogens (tertiary/aromatic N) is 1. The minimum absolute atomic E-state index is 0. The van der Waals surface area contributed by atoms with E-state index in [-0.39, 0.29) is 37.3 Å². The van der Waals surface area contributed by atoms with E-state index in [1.807, 2.05) is 0 Å². The number of nitrogens with one attached hydrogen (secondary N) is 1. The van der Waals surface area contributed by atoms with Gasteiger partial charge < -0.3 is 14.8 Å². The highest BCUT2D eigenvalue weighted by atomic mass is 35.5. The van der Waals surface area contributed by atoms with Crippen molar-refractivity contribution < 1.29 is 22.6 Å². The normalized spacial score (nSPS) is 16.4. The lowest BCUT2D eigenvalue weighted by Crippen LogP contribution is -2.45. The topological polar surface area (TPSA) is 33.7 Å². The van der Waals surface area contributed by atoms with Gasteiger partial charge in [0.05, 0.1) is 19.8 Å². The maximum absolute atomic E-state index is 12.8. The standard InChI is InChI=1S/C16H23F3N2O2.2ClH/c1-22-13-4-3-5-14(23-2)15(13)12(6-7-16(17,18)19)21-10-8-20-9-11-21;;/h3-5,12,20H,6-11H2,1-2H3;2*1H/t12-;;/m1../s1. The van der Waals surface area contributed by atoms with Gasteiger partial charge in [-0.3, -0.25) is 4.90 Å². The molecule has 0 aliphatic carbocycles. The predicted molar refractivity (Wildman–Crippen MR) is 96.5 cm³/mol. The van der Waals surface area contributed by atoms with E-state index in [2.05, 4.69) is 10.2 Å². The van der Waals surface area contributed by atoms with Crippen LogP contribution < -0.4 is 14.8 Å². The molecule has 0 spiro atoms. The van der Waals surface area contributed by atoms with Gasteiger partial charge in [0.15, 0.2) is 0 Å². The van der Waals surface area contributed by atoms with E-state index in [1.165, 1.54) is 14.2 Å². The van der Waals surface area contributed by atoms with E-state index < -0.39 is 12.6 Å². The Labute approximate surface area is 158 Å². The predicted octanol–water partition coefficient (Wildman–Crippen LogP) is 3.84. The molecule has 1 aromatic carbocycles. The van der Waals surface area contributed by atoms with Gasteiger partial charge in [-0.15, -0.1) is 24.8 Å². The molecule has 0 amide bonds. The second-order valence-electron chi connectivity index (χ2n) is 5.53. The lowest BCUT2D eigenvalue weighted by atomic mass is 9.97. The van der Waals surface area contributed by atoms with Crippen LogP contribution >= 0.6 is 24.8 Å². The first-order valence-electron chi connectivity index (χ1n) is 7.68. The second-order valence-corrected chi connectivity index (χ2v) is 5.53. The smallest absolute Gasteiger partial charge is 0.389 e. The summed E-state index contributed by atoms with van der Waals surface area (Å²) in [4.78, 5) is 2.07. The number of hydrogen-bond donors (Lipinski definition) is 1. The van der Waals surface area contributed by atoms with Crippen molar-refractivity contribution >= 4 is 24.8 Å². The molecule has 0 radical (unpaired) electrons. The summed E-state index contributed by atoms with van der Waals surface area (Å²) in [6.07, 6.45) is -5.02. The van der Waals surface area contributed by atoms with Gasteiger partial charge in [0, 0.05) is 38.6 Å². The Bertz CT molecular complexity index is 490. The van der Waals surface area contributed by atoms with Crippen LogP contribution in [0.1, 0.15) is 24.4 Å². The van der Waals surface area contributed by atoms with Gasteiger partial charge >= 0.3 is 6.18 Å². The van der Waals surface area contributed by atoms with Crippen molar-refractivity contribution in [2.75, 3.05) is 40.4 Å². The third kappa shape index (κ3) is 6.73. The lowest BCUT2D eigenvalue weighted by molar-refractivity contribution is -0.138. The molecule has 9 heteroatoms. The number of hydrogen-bond acceptors (Lipinski definition) is 4. The number of benzene rings is 1. The molecule has 1 aliphatic rings. The Kier molecular flexibility index (Phi) is 10.6. The van der Waals surface area contributed by atoms with Crippen LogP contribution in [0.5, 0.6) is 11.5 Å². The van der Waals surface area contributed by atoms with E-state index in [0.29, 0.717) is 30.2 Å². The highest BCUT2D eigenvalue weighted by molar-refractivity contribution is 5.85. The average Bonchev–Trinajstić information content (AvgIpc) is 2.55. The molecule has 1 fully saturated rings. The number of rotatable bonds is 6. The Hall–Kier alpha value is -0.890. The molecule has 1 aliphatic heterocycles. The molecule has 1 heterocycles. The Morgan fingerprint density at radius 3 is 2.04 bits per heavy atom. The molecular formula is C16H25Cl2F3N2O2. The molecule has 0 bridgehead atoms. The number of ether oxygens (including phenoxy) is 2. The van der Waals surface area contributed by atoms with Crippen molar-refractivity contribution in [2.24, 2.45) is 0 Å². The minimum Gasteiger partial charge on any atom is -0.496 e. The molecule has 1 saturated heterocycles. The van der Waals surface area contributed by atoms with Crippen LogP contribution in [0.25, 0.3) is 0 Å². The summed E-state index contributed by atoms with van der Waals surface area (Å²) in [5.41, 5.74) is 0.698. The number of alkyl halides is 3. The zero-order valence-corrected chi connectivity index (χ0v) is 15.9. The van der Waals surface area contributed by atoms with Crippen molar-refractivity contribution in [3.63, 3.8) is 0 Å². The Morgan fingerprint density at radius 1 is 1.08 bits per heavy atom. The van der Waals surface area contributed by atoms with E-state index in [1.54, 1.807) is 18.2 Å². The number of piperazine rings is 1. The summed E-state index contributed by atoms with van der Waals surface area (Å²) in [6.45, 7) is 2.92. The second kappa shape index (κ2) is 11.0. The van der Waals surface area contributed by atoms with Crippen LogP contribution in [-0.2, 0) is 0 Å². The van der Waals surface area contributed by atoms with Crippen molar-refractivity contribution in [3.8, 4) is 11.5 Å². The van der Waals surface area contributed by atoms with E-state index >= 15 is 0 Å². The molecule has 146 valence electrons. The molecule has 2 rings (SSSR count). The SMILES string of the molecule is COc1cccc(OC)c1[C@@H](CCC(F)(F)F)N1CCNCC1.Cl.Cl. The fourth-order valence-corrected chi connectivity index (χ4v) is 3.01. The monoisotopic (exact) mass is 404 g/mol. The first-order valence-corrected chi connectivity index (χ1v) is 7.68. The minimum atomic E-state index is -4.18. The summed E-state index contributed by atoms with van der Waals surface area (Å²) in [7, 11) is 3.05. The molecule has 1 atom stereocenters. The zero-order valence-electron chi connectivity index (χ0n) is 14.3. The summed E-state index contributed by atoms with van der Waals surface area (Å²) in [5.74, 6) is 1.13. The van der Waals surface area contributed by atoms with Gasteiger partial charge in [-0.2, -0.15) is 13.2 Å². The van der Waals surface area contributed by atoms with Gasteiger partial charge in [0.1, 0.15) is 11.5 Å². The lowest BCUT2D eigenvalue weighted by Gasteiger charge is -2.36. The maximum Gasteiger partial charge on any atom is 0.389 e. The molecule has 4 nitrogen and oxygen atoms in total. The number of methoxy groups -OCH3 is 2. The highest BCUT2D eigenvalue weighted by Gasteiger charge is 2.33. The summed E-state index contributed by atoms with van der Waals surface area (Å²) in [5, 5.41) is 3.22. The molecule has 1 N–H and O–H groups in total. The fraction of sp³-hybridized carbons (Fsp3) is 0.625. The van der Waals surface area contributed by atoms with Crippen molar-refractivity contribution in [2.45, 2.75) is 25.1 Å². The number of halogens is 5. The van der Waals surface area contributed by atoms with E-state index in [9.17, 15) is 13.2 Å². The Morgan fingerprint density at radius 2 is 1.60 bits per heavy atom. The summed E-state index contributed by atoms with van der Waals surface area (Å²) >= 11 is 0. The first kappa shape index (κ1) is 24.1. The molecule has 25 heavy (non-hydrogen) atoms. The van der Waals surface area contributed by atoms with Gasteiger partial charge in [-0.25, -0.2) is 0 Å². The van der Waals surface area contributed by atoms with Crippen molar-refractivity contribution in [1.82, 2.24) is 10.2 Å². The molecule has 1 aromatic rings. The Balaban J connectivity index is 0.00000288. The van der Waals surface area contributed by atoms with Crippen LogP contribution in [0.2, 0.25) is 0 Å². The summed E-state index contributed by atoms with van der Waals surface area (Å²) in [6, 6.07) is 4.92. The fourth-order valence-electron chi connectivity index (χ4n) is 3.01. The van der Waals surface area contributed by atoms with Gasteiger partial charge in [-0.1, -0.05) is 6.07 Å². The zero-order chi connectivity index (χ0) is 16.9. The molecule has 0 aromatic heterocycles. The molecule has 0 unspecified atom stereocenters. The van der Waals surface area contributed by atoms with Crippen molar-refractivity contribution in [3.05, 3.63) is 23.8 Å². The van der Waals surface area contributed by atoms with Crippen molar-refractivity contribution in [1.29, 1.82) is 0 Å². The largest absolute Gasteiger partial charge is 0.496 e. The third-order valence-electron chi connectivity index (χ3n) is 4.09. The van der Waals surface area contributed by atoms with Crippen LogP contribution in [0.15, 0.2) is 18.2 Å². The third-order valence-corrected chi connectivity index (χ3v) is 4.09. The molecule has 0 saturated carbocycles. The first-order chi connectivity index (χ1) is 11.0. The quantitative estimate of drug-likeness (QED) is 0.780. The molecular weight excluding hydrogens is 380 g/mol. The maximum atomic E-state index is 12.8. The summed E-state index contributed by atoms with van der Waals surface area (Å²) < 4.78 is 49.1. The van der Waals surface area contributed by atoms with Gasteiger partial charge in [-0.05, 0) is 18.6 Å². The van der Waals surface area contributed by atoms with E-state index in [4.69, 9.17) is 9.47 Å². The highest BCUT2D eigenvalue weighted by Crippen LogP contribution is 2.41.